The van der Waals surface area contributed by atoms with Crippen molar-refractivity contribution in [3.8, 4) is 0 Å². The van der Waals surface area contributed by atoms with E-state index < -0.39 is 11.8 Å². The SMILES string of the molecule is COC(=O)c1ccc(F)c(CNc2c(C)c(C)nc3ncnn23)c1. The van der Waals surface area contributed by atoms with Crippen molar-refractivity contribution in [2.45, 2.75) is 20.4 Å². The van der Waals surface area contributed by atoms with Crippen LogP contribution in [0.3, 0.4) is 0 Å². The minimum Gasteiger partial charge on any atom is -0.465 e. The van der Waals surface area contributed by atoms with E-state index in [1.54, 1.807) is 4.52 Å². The van der Waals surface area contributed by atoms with Gasteiger partial charge < -0.3 is 10.1 Å². The number of carbonyl (C=O) groups excluding carboxylic acids is 1. The van der Waals surface area contributed by atoms with Crippen LogP contribution in [-0.2, 0) is 11.3 Å². The minimum atomic E-state index is -0.508. The Bertz CT molecular complexity index is 922. The number of esters is 1. The van der Waals surface area contributed by atoms with E-state index >= 15 is 0 Å². The molecule has 0 aliphatic heterocycles. The van der Waals surface area contributed by atoms with Crippen LogP contribution in [0.5, 0.6) is 0 Å². The lowest BCUT2D eigenvalue weighted by Gasteiger charge is -2.13. The Balaban J connectivity index is 1.93. The van der Waals surface area contributed by atoms with Gasteiger partial charge in [0.05, 0.1) is 12.7 Å². The summed E-state index contributed by atoms with van der Waals surface area (Å²) in [5.41, 5.74) is 2.34. The van der Waals surface area contributed by atoms with E-state index in [4.69, 9.17) is 0 Å². The average molecular weight is 329 g/mol. The van der Waals surface area contributed by atoms with Gasteiger partial charge in [-0.3, -0.25) is 0 Å². The Morgan fingerprint density at radius 2 is 2.17 bits per heavy atom. The van der Waals surface area contributed by atoms with Gasteiger partial charge in [0, 0.05) is 23.4 Å². The van der Waals surface area contributed by atoms with Gasteiger partial charge in [-0.2, -0.15) is 14.6 Å². The number of aryl methyl sites for hydroxylation is 1. The second-order valence-electron chi connectivity index (χ2n) is 5.29. The molecule has 3 aromatic rings. The summed E-state index contributed by atoms with van der Waals surface area (Å²) >= 11 is 0. The third-order valence-corrected chi connectivity index (χ3v) is 3.82. The molecule has 24 heavy (non-hydrogen) atoms. The fourth-order valence-electron chi connectivity index (χ4n) is 2.37. The van der Waals surface area contributed by atoms with Gasteiger partial charge in [0.1, 0.15) is 18.0 Å². The van der Waals surface area contributed by atoms with Crippen LogP contribution in [0.25, 0.3) is 5.78 Å². The van der Waals surface area contributed by atoms with Gasteiger partial charge in [-0.1, -0.05) is 0 Å². The number of hydrogen-bond donors (Lipinski definition) is 1. The normalized spacial score (nSPS) is 10.8. The van der Waals surface area contributed by atoms with Crippen LogP contribution >= 0.6 is 0 Å². The Morgan fingerprint density at radius 3 is 2.92 bits per heavy atom. The molecule has 0 amide bonds. The van der Waals surface area contributed by atoms with Gasteiger partial charge in [0.2, 0.25) is 0 Å². The Kier molecular flexibility index (Phi) is 4.11. The number of ether oxygens (including phenoxy) is 1. The van der Waals surface area contributed by atoms with Gasteiger partial charge in [-0.25, -0.2) is 14.2 Å². The van der Waals surface area contributed by atoms with Crippen LogP contribution in [0, 0.1) is 19.7 Å². The first-order valence-electron chi connectivity index (χ1n) is 7.29. The predicted octanol–water partition coefficient (Wildman–Crippen LogP) is 2.28. The van der Waals surface area contributed by atoms with Gasteiger partial charge >= 0.3 is 5.97 Å². The van der Waals surface area contributed by atoms with Crippen LogP contribution in [0.4, 0.5) is 10.2 Å². The molecule has 0 saturated heterocycles. The van der Waals surface area contributed by atoms with E-state index in [2.05, 4.69) is 25.1 Å². The predicted molar refractivity (Wildman–Crippen MR) is 85.3 cm³/mol. The number of aromatic nitrogens is 4. The molecule has 0 spiro atoms. The molecule has 0 saturated carbocycles. The monoisotopic (exact) mass is 329 g/mol. The maximum absolute atomic E-state index is 14.0. The molecule has 3 rings (SSSR count). The molecule has 7 nitrogen and oxygen atoms in total. The number of nitrogens with one attached hydrogen (secondary N) is 1. The van der Waals surface area contributed by atoms with Gasteiger partial charge in [0.25, 0.3) is 5.78 Å². The smallest absolute Gasteiger partial charge is 0.337 e. The molecule has 0 radical (unpaired) electrons. The third-order valence-electron chi connectivity index (χ3n) is 3.82. The van der Waals surface area contributed by atoms with Crippen molar-refractivity contribution < 1.29 is 13.9 Å². The van der Waals surface area contributed by atoms with E-state index in [0.717, 1.165) is 11.3 Å². The summed E-state index contributed by atoms with van der Waals surface area (Å²) in [6.07, 6.45) is 1.41. The fraction of sp³-hybridized carbons (Fsp3) is 0.250. The quantitative estimate of drug-likeness (QED) is 0.740. The van der Waals surface area contributed by atoms with Crippen LogP contribution < -0.4 is 5.32 Å². The molecule has 2 aromatic heterocycles. The molecule has 1 N–H and O–H groups in total. The molecular formula is C16H16FN5O2. The van der Waals surface area contributed by atoms with Gasteiger partial charge in [0.15, 0.2) is 0 Å². The first-order chi connectivity index (χ1) is 11.5. The second-order valence-corrected chi connectivity index (χ2v) is 5.29. The van der Waals surface area contributed by atoms with Crippen molar-refractivity contribution in [1.29, 1.82) is 0 Å². The number of hydrogen-bond acceptors (Lipinski definition) is 6. The first-order valence-corrected chi connectivity index (χ1v) is 7.29. The molecule has 0 bridgehead atoms. The fourth-order valence-corrected chi connectivity index (χ4v) is 2.37. The third kappa shape index (κ3) is 2.78. The summed E-state index contributed by atoms with van der Waals surface area (Å²) < 4.78 is 20.3. The van der Waals surface area contributed by atoms with E-state index in [1.807, 2.05) is 13.8 Å². The molecule has 0 unspecified atom stereocenters. The number of methoxy groups -OCH3 is 1. The molecule has 1 aromatic carbocycles. The molecule has 8 heteroatoms. The summed E-state index contributed by atoms with van der Waals surface area (Å²) in [6.45, 7) is 3.94. The summed E-state index contributed by atoms with van der Waals surface area (Å²) in [7, 11) is 1.29. The molecule has 2 heterocycles. The van der Waals surface area contributed by atoms with Crippen molar-refractivity contribution in [1.82, 2.24) is 19.6 Å². The highest BCUT2D eigenvalue weighted by Crippen LogP contribution is 2.20. The minimum absolute atomic E-state index is 0.177. The number of fused-ring (bicyclic) bond motifs is 1. The lowest BCUT2D eigenvalue weighted by molar-refractivity contribution is 0.0600. The highest BCUT2D eigenvalue weighted by molar-refractivity contribution is 5.89. The largest absolute Gasteiger partial charge is 0.465 e. The standard InChI is InChI=1S/C16H16FN5O2/c1-9-10(2)21-16-19-8-20-22(16)14(9)18-7-12-6-11(15(23)24-3)4-5-13(12)17/h4-6,8,18H,7H2,1-3H3. The molecular weight excluding hydrogens is 313 g/mol. The van der Waals surface area contributed by atoms with Crippen molar-refractivity contribution in [3.05, 3.63) is 52.7 Å². The van der Waals surface area contributed by atoms with Crippen LogP contribution in [0.1, 0.15) is 27.2 Å². The van der Waals surface area contributed by atoms with Crippen LogP contribution in [0.2, 0.25) is 0 Å². The summed E-state index contributed by atoms with van der Waals surface area (Å²) in [5, 5.41) is 7.28. The summed E-state index contributed by atoms with van der Waals surface area (Å²) in [6, 6.07) is 4.11. The Hall–Kier alpha value is -3.03. The van der Waals surface area contributed by atoms with E-state index in [9.17, 15) is 9.18 Å². The van der Waals surface area contributed by atoms with E-state index in [-0.39, 0.29) is 6.54 Å². The number of nitrogens with zero attached hydrogens (tertiary/aromatic N) is 4. The Labute approximate surface area is 137 Å². The lowest BCUT2D eigenvalue weighted by Crippen LogP contribution is -2.11. The average Bonchev–Trinajstić information content (AvgIpc) is 3.03. The summed E-state index contributed by atoms with van der Waals surface area (Å²) in [4.78, 5) is 20.0. The molecule has 0 aliphatic carbocycles. The van der Waals surface area contributed by atoms with E-state index in [0.29, 0.717) is 22.7 Å². The van der Waals surface area contributed by atoms with Crippen molar-refractivity contribution >= 4 is 17.6 Å². The molecule has 0 atom stereocenters. The summed E-state index contributed by atoms with van der Waals surface area (Å²) in [5.74, 6) is 0.224. The topological polar surface area (TPSA) is 81.4 Å². The number of carbonyl (C=O) groups is 1. The Morgan fingerprint density at radius 1 is 1.38 bits per heavy atom. The highest BCUT2D eigenvalue weighted by atomic mass is 19.1. The van der Waals surface area contributed by atoms with Crippen molar-refractivity contribution in [2.24, 2.45) is 0 Å². The maximum atomic E-state index is 14.0. The number of benzene rings is 1. The number of anilines is 1. The molecule has 124 valence electrons. The second kappa shape index (κ2) is 6.23. The maximum Gasteiger partial charge on any atom is 0.337 e. The van der Waals surface area contributed by atoms with E-state index in [1.165, 1.54) is 31.6 Å². The zero-order valence-corrected chi connectivity index (χ0v) is 13.5. The van der Waals surface area contributed by atoms with Crippen LogP contribution in [-0.4, -0.2) is 32.7 Å². The first kappa shape index (κ1) is 15.9. The van der Waals surface area contributed by atoms with Crippen LogP contribution in [0.15, 0.2) is 24.5 Å². The number of halogens is 1. The molecule has 0 fully saturated rings. The number of rotatable bonds is 4. The van der Waals surface area contributed by atoms with Crippen molar-refractivity contribution in [2.75, 3.05) is 12.4 Å². The van der Waals surface area contributed by atoms with Gasteiger partial charge in [-0.15, -0.1) is 0 Å². The van der Waals surface area contributed by atoms with Gasteiger partial charge in [-0.05, 0) is 32.0 Å². The van der Waals surface area contributed by atoms with Crippen molar-refractivity contribution in [3.63, 3.8) is 0 Å². The zero-order valence-electron chi connectivity index (χ0n) is 13.5. The highest BCUT2D eigenvalue weighted by Gasteiger charge is 2.13. The lowest BCUT2D eigenvalue weighted by atomic mass is 10.1. The zero-order chi connectivity index (χ0) is 17.3. The molecule has 0 aliphatic rings.